The van der Waals surface area contributed by atoms with Gasteiger partial charge in [-0.05, 0) is 24.6 Å². The summed E-state index contributed by atoms with van der Waals surface area (Å²) in [4.78, 5) is 40.4. The average Bonchev–Trinajstić information content (AvgIpc) is 3.22. The van der Waals surface area contributed by atoms with E-state index in [2.05, 4.69) is 20.8 Å². The van der Waals surface area contributed by atoms with E-state index >= 15 is 0 Å². The molecule has 2 aromatic carbocycles. The Bertz CT molecular complexity index is 1050. The summed E-state index contributed by atoms with van der Waals surface area (Å²) in [7, 11) is 1.26. The summed E-state index contributed by atoms with van der Waals surface area (Å²) in [5.41, 5.74) is 1.44. The number of carbonyl (C=O) groups excluding carboxylic acids is 3. The van der Waals surface area contributed by atoms with Crippen LogP contribution in [0, 0.1) is 0 Å². The molecule has 0 spiro atoms. The maximum absolute atomic E-state index is 12.3. The third kappa shape index (κ3) is 5.07. The second kappa shape index (κ2) is 9.46. The van der Waals surface area contributed by atoms with Crippen molar-refractivity contribution in [3.8, 4) is 0 Å². The van der Waals surface area contributed by atoms with E-state index in [0.29, 0.717) is 5.69 Å². The topological polar surface area (TPSA) is 123 Å². The zero-order valence-corrected chi connectivity index (χ0v) is 16.4. The number of hydrogen-bond acceptors (Lipinski definition) is 7. The number of nitrogens with one attached hydrogen (secondary N) is 2. The van der Waals surface area contributed by atoms with Crippen LogP contribution < -0.4 is 10.6 Å². The summed E-state index contributed by atoms with van der Waals surface area (Å²) >= 11 is 0. The predicted octanol–water partition coefficient (Wildman–Crippen LogP) is 2.53. The van der Waals surface area contributed by atoms with Gasteiger partial charge in [-0.15, -0.1) is 0 Å². The number of anilines is 1. The number of para-hydroxylation sites is 1. The van der Waals surface area contributed by atoms with Crippen LogP contribution in [0.3, 0.4) is 0 Å². The number of hydrogen-bond donors (Lipinski definition) is 2. The highest BCUT2D eigenvalue weighted by Crippen LogP contribution is 2.16. The Labute approximate surface area is 172 Å². The fourth-order valence-corrected chi connectivity index (χ4v) is 2.72. The van der Waals surface area contributed by atoms with Gasteiger partial charge in [0, 0.05) is 0 Å². The number of rotatable bonds is 7. The first-order chi connectivity index (χ1) is 14.5. The first kappa shape index (κ1) is 20.7. The maximum Gasteiger partial charge on any atom is 0.339 e. The molecule has 1 aromatic heterocycles. The molecule has 9 heteroatoms. The van der Waals surface area contributed by atoms with Crippen LogP contribution >= 0.6 is 0 Å². The molecule has 154 valence electrons. The van der Waals surface area contributed by atoms with Crippen LogP contribution in [-0.2, 0) is 16.0 Å². The highest BCUT2D eigenvalue weighted by atomic mass is 16.5. The van der Waals surface area contributed by atoms with Gasteiger partial charge in [0.2, 0.25) is 5.91 Å². The molecular formula is C21H20N4O5. The average molecular weight is 408 g/mol. The van der Waals surface area contributed by atoms with Crippen LogP contribution in [-0.4, -0.2) is 35.0 Å². The van der Waals surface area contributed by atoms with Crippen LogP contribution in [0.5, 0.6) is 0 Å². The summed E-state index contributed by atoms with van der Waals surface area (Å²) in [6.07, 6.45) is -0.236. The first-order valence-corrected chi connectivity index (χ1v) is 9.13. The number of ether oxygens (including phenoxy) is 1. The molecule has 3 rings (SSSR count). The van der Waals surface area contributed by atoms with E-state index in [4.69, 9.17) is 9.26 Å². The van der Waals surface area contributed by atoms with Crippen molar-refractivity contribution < 1.29 is 23.6 Å². The van der Waals surface area contributed by atoms with Gasteiger partial charge in [-0.1, -0.05) is 47.6 Å². The largest absolute Gasteiger partial charge is 0.465 e. The molecule has 0 aliphatic heterocycles. The third-order valence-corrected chi connectivity index (χ3v) is 4.23. The van der Waals surface area contributed by atoms with Gasteiger partial charge in [0.25, 0.3) is 0 Å². The molecule has 0 aliphatic carbocycles. The van der Waals surface area contributed by atoms with Gasteiger partial charge in [0.05, 0.1) is 30.8 Å². The minimum Gasteiger partial charge on any atom is -0.465 e. The number of benzene rings is 2. The van der Waals surface area contributed by atoms with Crippen LogP contribution in [0.25, 0.3) is 0 Å². The Kier molecular flexibility index (Phi) is 6.53. The van der Waals surface area contributed by atoms with Gasteiger partial charge in [-0.2, -0.15) is 4.98 Å². The molecule has 9 nitrogen and oxygen atoms in total. The minimum atomic E-state index is -0.572. The predicted molar refractivity (Wildman–Crippen MR) is 107 cm³/mol. The van der Waals surface area contributed by atoms with Gasteiger partial charge in [-0.25, -0.2) is 4.79 Å². The number of carbonyl (C=O) groups is 3. The molecule has 2 N–H and O–H groups in total. The number of aromatic nitrogens is 2. The summed E-state index contributed by atoms with van der Waals surface area (Å²) < 4.78 is 9.66. The van der Waals surface area contributed by atoms with Crippen molar-refractivity contribution in [3.63, 3.8) is 0 Å². The van der Waals surface area contributed by atoms with Gasteiger partial charge < -0.3 is 19.9 Å². The van der Waals surface area contributed by atoms with E-state index < -0.39 is 17.8 Å². The Morgan fingerprint density at radius 3 is 2.50 bits per heavy atom. The standard InChI is InChI=1S/C21H20N4O5/c1-13(14-8-4-3-5-9-14)22-19(27)20-24-17(25-30-20)12-18(26)23-16-11-7-6-10-15(16)21(28)29-2/h3-11,13H,12H2,1-2H3,(H,22,27)(H,23,26)/t13-/m0/s1. The van der Waals surface area contributed by atoms with E-state index in [1.807, 2.05) is 37.3 Å². The van der Waals surface area contributed by atoms with Crippen molar-refractivity contribution in [2.75, 3.05) is 12.4 Å². The zero-order chi connectivity index (χ0) is 21.5. The van der Waals surface area contributed by atoms with Crippen molar-refractivity contribution in [2.24, 2.45) is 0 Å². The number of nitrogens with zero attached hydrogens (tertiary/aromatic N) is 2. The fourth-order valence-electron chi connectivity index (χ4n) is 2.72. The van der Waals surface area contributed by atoms with E-state index in [-0.39, 0.29) is 29.7 Å². The van der Waals surface area contributed by atoms with Crippen molar-refractivity contribution >= 4 is 23.5 Å². The lowest BCUT2D eigenvalue weighted by Gasteiger charge is -2.12. The van der Waals surface area contributed by atoms with Crippen LogP contribution in [0.2, 0.25) is 0 Å². The summed E-state index contributed by atoms with van der Waals surface area (Å²) in [5, 5.41) is 9.04. The minimum absolute atomic E-state index is 0.0422. The van der Waals surface area contributed by atoms with Crippen molar-refractivity contribution in [2.45, 2.75) is 19.4 Å². The maximum atomic E-state index is 12.3. The molecule has 0 saturated carbocycles. The van der Waals surface area contributed by atoms with E-state index in [1.54, 1.807) is 18.2 Å². The van der Waals surface area contributed by atoms with Gasteiger partial charge >= 0.3 is 17.8 Å². The zero-order valence-electron chi connectivity index (χ0n) is 16.4. The number of methoxy groups -OCH3 is 1. The normalized spacial score (nSPS) is 11.4. The van der Waals surface area contributed by atoms with Crippen LogP contribution in [0.1, 0.15) is 45.4 Å². The smallest absolute Gasteiger partial charge is 0.339 e. The first-order valence-electron chi connectivity index (χ1n) is 9.13. The number of esters is 1. The van der Waals surface area contributed by atoms with Gasteiger partial charge in [0.15, 0.2) is 5.82 Å². The quantitative estimate of drug-likeness (QED) is 0.576. The summed E-state index contributed by atoms with van der Waals surface area (Å²) in [6, 6.07) is 15.6. The van der Waals surface area contributed by atoms with E-state index in [0.717, 1.165) is 5.56 Å². The van der Waals surface area contributed by atoms with Crippen LogP contribution in [0.4, 0.5) is 5.69 Å². The Hall–Kier alpha value is -4.01. The molecular weight excluding hydrogens is 388 g/mol. The molecule has 0 fully saturated rings. The van der Waals surface area contributed by atoms with Crippen molar-refractivity contribution in [3.05, 3.63) is 77.4 Å². The molecule has 0 radical (unpaired) electrons. The Balaban J connectivity index is 1.61. The lowest BCUT2D eigenvalue weighted by Crippen LogP contribution is -2.27. The second-order valence-electron chi connectivity index (χ2n) is 6.38. The third-order valence-electron chi connectivity index (χ3n) is 4.23. The molecule has 30 heavy (non-hydrogen) atoms. The second-order valence-corrected chi connectivity index (χ2v) is 6.38. The van der Waals surface area contributed by atoms with E-state index in [1.165, 1.54) is 13.2 Å². The van der Waals surface area contributed by atoms with Crippen LogP contribution in [0.15, 0.2) is 59.1 Å². The molecule has 0 unspecified atom stereocenters. The SMILES string of the molecule is COC(=O)c1ccccc1NC(=O)Cc1noc(C(=O)N[C@@H](C)c2ccccc2)n1. The van der Waals surface area contributed by atoms with E-state index in [9.17, 15) is 14.4 Å². The number of amides is 2. The fraction of sp³-hybridized carbons (Fsp3) is 0.190. The molecule has 2 amide bonds. The molecule has 0 bridgehead atoms. The van der Waals surface area contributed by atoms with Crippen molar-refractivity contribution in [1.29, 1.82) is 0 Å². The molecule has 1 atom stereocenters. The Morgan fingerprint density at radius 2 is 1.77 bits per heavy atom. The molecule has 0 aliphatic rings. The lowest BCUT2D eigenvalue weighted by molar-refractivity contribution is -0.115. The molecule has 3 aromatic rings. The lowest BCUT2D eigenvalue weighted by atomic mass is 10.1. The van der Waals surface area contributed by atoms with Gasteiger partial charge in [0.1, 0.15) is 0 Å². The molecule has 1 heterocycles. The monoisotopic (exact) mass is 408 g/mol. The summed E-state index contributed by atoms with van der Waals surface area (Å²) in [5.74, 6) is -1.79. The van der Waals surface area contributed by atoms with Gasteiger partial charge in [-0.3, -0.25) is 9.59 Å². The van der Waals surface area contributed by atoms with Crippen molar-refractivity contribution in [1.82, 2.24) is 15.5 Å². The Morgan fingerprint density at radius 1 is 1.07 bits per heavy atom. The summed E-state index contributed by atoms with van der Waals surface area (Å²) in [6.45, 7) is 1.83. The highest BCUT2D eigenvalue weighted by molar-refractivity contribution is 6.01. The molecule has 0 saturated heterocycles. The highest BCUT2D eigenvalue weighted by Gasteiger charge is 2.20.